The van der Waals surface area contributed by atoms with Gasteiger partial charge in [0.15, 0.2) is 0 Å². The summed E-state index contributed by atoms with van der Waals surface area (Å²) in [4.78, 5) is 23.5. The second kappa shape index (κ2) is 9.25. The van der Waals surface area contributed by atoms with Gasteiger partial charge < -0.3 is 30.2 Å². The van der Waals surface area contributed by atoms with Gasteiger partial charge in [-0.15, -0.1) is 0 Å². The van der Waals surface area contributed by atoms with Crippen LogP contribution in [0.25, 0.3) is 11.0 Å². The molecule has 1 fully saturated rings. The number of benzene rings is 1. The van der Waals surface area contributed by atoms with Crippen LogP contribution in [-0.2, 0) is 6.18 Å². The van der Waals surface area contributed by atoms with E-state index in [9.17, 15) is 18.0 Å². The van der Waals surface area contributed by atoms with Gasteiger partial charge in [0.05, 0.1) is 29.3 Å². The topological polar surface area (TPSA) is 85.5 Å². The predicted molar refractivity (Wildman–Crippen MR) is 125 cm³/mol. The Balaban J connectivity index is 1.67. The first kappa shape index (κ1) is 24.6. The van der Waals surface area contributed by atoms with Crippen molar-refractivity contribution in [3.05, 3.63) is 41.3 Å². The number of hydrogen-bond donors (Lipinski definition) is 3. The van der Waals surface area contributed by atoms with Crippen molar-refractivity contribution in [3.8, 4) is 5.75 Å². The number of carbonyl (C=O) groups excluding carboxylic acids is 1. The molecule has 3 aromatic rings. The monoisotopic (exact) mass is 494 g/mol. The van der Waals surface area contributed by atoms with Gasteiger partial charge >= 0.3 is 6.18 Å². The second-order valence-corrected chi connectivity index (χ2v) is 8.50. The lowest BCUT2D eigenvalue weighted by Gasteiger charge is -2.38. The average Bonchev–Trinajstić information content (AvgIpc) is 3.23. The Morgan fingerprint density at radius 1 is 1.23 bits per heavy atom. The molecule has 3 heterocycles. The number of likely N-dealkylation sites (N-methyl/N-ethyl adjacent to an activating group) is 1. The Morgan fingerprint density at radius 2 is 1.97 bits per heavy atom. The van der Waals surface area contributed by atoms with E-state index in [-0.39, 0.29) is 45.6 Å². The number of nitrogens with zero attached hydrogens (tertiary/aromatic N) is 3. The minimum Gasteiger partial charge on any atom is -0.495 e. The lowest BCUT2D eigenvalue weighted by Crippen LogP contribution is -2.52. The average molecular weight is 494 g/mol. The Morgan fingerprint density at radius 3 is 2.60 bits per heavy atom. The van der Waals surface area contributed by atoms with Crippen molar-refractivity contribution in [2.24, 2.45) is 0 Å². The van der Waals surface area contributed by atoms with E-state index in [2.05, 4.69) is 25.5 Å². The molecule has 0 spiro atoms. The van der Waals surface area contributed by atoms with Crippen LogP contribution in [0.1, 0.15) is 22.8 Å². The van der Waals surface area contributed by atoms with Crippen LogP contribution < -0.4 is 15.4 Å². The number of ether oxygens (including phenoxy) is 1. The largest absolute Gasteiger partial charge is 0.495 e. The number of alkyl halides is 3. The van der Waals surface area contributed by atoms with E-state index in [1.165, 1.54) is 26.3 Å². The number of H-pyrrole nitrogens is 1. The predicted octanol–water partition coefficient (Wildman–Crippen LogP) is 4.29. The molecule has 3 N–H and O–H groups in total. The first-order valence-electron chi connectivity index (χ1n) is 10.9. The maximum absolute atomic E-state index is 15.1. The molecule has 4 rings (SSSR count). The number of aromatic nitrogens is 2. The minimum atomic E-state index is -4.56. The van der Waals surface area contributed by atoms with E-state index in [0.29, 0.717) is 19.6 Å². The zero-order chi connectivity index (χ0) is 25.5. The van der Waals surface area contributed by atoms with Crippen LogP contribution in [0.4, 0.5) is 34.8 Å². The fourth-order valence-electron chi connectivity index (χ4n) is 4.34. The summed E-state index contributed by atoms with van der Waals surface area (Å²) in [5.74, 6) is -0.844. The van der Waals surface area contributed by atoms with Crippen molar-refractivity contribution >= 4 is 34.1 Å². The molecule has 0 bridgehead atoms. The molecule has 1 saturated heterocycles. The fourth-order valence-corrected chi connectivity index (χ4v) is 4.34. The number of aromatic amines is 1. The second-order valence-electron chi connectivity index (χ2n) is 8.50. The fraction of sp³-hybridized carbons (Fsp3) is 0.391. The molecule has 1 amide bonds. The lowest BCUT2D eigenvalue weighted by atomic mass is 10.1. The number of fused-ring (bicyclic) bond motifs is 1. The molecule has 1 atom stereocenters. The van der Waals surface area contributed by atoms with Gasteiger partial charge in [-0.1, -0.05) is 0 Å². The number of carbonyl (C=O) groups is 1. The number of pyridine rings is 1. The summed E-state index contributed by atoms with van der Waals surface area (Å²) in [5, 5.41) is 5.53. The van der Waals surface area contributed by atoms with Crippen molar-refractivity contribution in [1.29, 1.82) is 0 Å². The van der Waals surface area contributed by atoms with E-state index >= 15 is 4.39 Å². The van der Waals surface area contributed by atoms with E-state index in [1.54, 1.807) is 4.90 Å². The molecular weight excluding hydrogens is 468 g/mol. The first-order chi connectivity index (χ1) is 16.5. The molecule has 0 saturated carbocycles. The van der Waals surface area contributed by atoms with Gasteiger partial charge in [-0.3, -0.25) is 4.79 Å². The Bertz CT molecular complexity index is 1260. The van der Waals surface area contributed by atoms with Crippen molar-refractivity contribution in [2.45, 2.75) is 19.1 Å². The van der Waals surface area contributed by atoms with Gasteiger partial charge in [-0.2, -0.15) is 13.2 Å². The SMILES string of the molecule is CNc1cc(Nc2cc(F)c(C(=O)N3CCN(C)C[C@H]3C)cc2OC)nc2[nH]cc(C(F)(F)F)c12. The van der Waals surface area contributed by atoms with E-state index in [0.717, 1.165) is 12.3 Å². The number of anilines is 3. The van der Waals surface area contributed by atoms with Crippen LogP contribution >= 0.6 is 0 Å². The number of methoxy groups -OCH3 is 1. The lowest BCUT2D eigenvalue weighted by molar-refractivity contribution is -0.136. The van der Waals surface area contributed by atoms with Gasteiger partial charge in [-0.05, 0) is 20.0 Å². The van der Waals surface area contributed by atoms with Gasteiger partial charge in [0.2, 0.25) is 0 Å². The van der Waals surface area contributed by atoms with Gasteiger partial charge in [0.25, 0.3) is 5.91 Å². The van der Waals surface area contributed by atoms with E-state index in [1.807, 2.05) is 14.0 Å². The molecule has 0 unspecified atom stereocenters. The van der Waals surface area contributed by atoms with Gasteiger partial charge in [0.1, 0.15) is 23.0 Å². The summed E-state index contributed by atoms with van der Waals surface area (Å²) < 4.78 is 60.5. The highest BCUT2D eigenvalue weighted by Crippen LogP contribution is 2.39. The van der Waals surface area contributed by atoms with Gasteiger partial charge in [-0.25, -0.2) is 9.37 Å². The highest BCUT2D eigenvalue weighted by molar-refractivity contribution is 5.97. The Hall–Kier alpha value is -3.54. The molecule has 188 valence electrons. The third-order valence-electron chi connectivity index (χ3n) is 6.09. The highest BCUT2D eigenvalue weighted by atomic mass is 19.4. The number of amides is 1. The molecule has 0 aliphatic carbocycles. The molecule has 1 aliphatic rings. The minimum absolute atomic E-state index is 0.00182. The van der Waals surface area contributed by atoms with Crippen molar-refractivity contribution < 1.29 is 27.1 Å². The molecule has 8 nitrogen and oxygen atoms in total. The molecule has 0 radical (unpaired) electrons. The number of piperazine rings is 1. The van der Waals surface area contributed by atoms with Gasteiger partial charge in [0, 0.05) is 56.7 Å². The first-order valence-corrected chi connectivity index (χ1v) is 10.9. The maximum atomic E-state index is 15.1. The van der Waals surface area contributed by atoms with Crippen molar-refractivity contribution in [1.82, 2.24) is 19.8 Å². The van der Waals surface area contributed by atoms with E-state index < -0.39 is 23.5 Å². The smallest absolute Gasteiger partial charge is 0.418 e. The van der Waals surface area contributed by atoms with Crippen LogP contribution in [0, 0.1) is 5.82 Å². The number of nitrogens with one attached hydrogen (secondary N) is 3. The summed E-state index contributed by atoms with van der Waals surface area (Å²) in [6, 6.07) is 3.74. The quantitative estimate of drug-likeness (QED) is 0.459. The number of hydrogen-bond acceptors (Lipinski definition) is 6. The van der Waals surface area contributed by atoms with Crippen molar-refractivity contribution in [2.75, 3.05) is 51.5 Å². The molecule has 2 aromatic heterocycles. The molecule has 1 aliphatic heterocycles. The Kier molecular flexibility index (Phi) is 6.50. The van der Waals surface area contributed by atoms with Crippen LogP contribution in [-0.4, -0.2) is 72.6 Å². The zero-order valence-corrected chi connectivity index (χ0v) is 19.7. The molecule has 1 aromatic carbocycles. The van der Waals surface area contributed by atoms with Crippen LogP contribution in [0.2, 0.25) is 0 Å². The summed E-state index contributed by atoms with van der Waals surface area (Å²) in [5.41, 5.74) is -0.615. The number of rotatable bonds is 5. The third-order valence-corrected chi connectivity index (χ3v) is 6.09. The molecule has 12 heteroatoms. The summed E-state index contributed by atoms with van der Waals surface area (Å²) in [6.07, 6.45) is -3.71. The van der Waals surface area contributed by atoms with E-state index in [4.69, 9.17) is 4.74 Å². The summed E-state index contributed by atoms with van der Waals surface area (Å²) >= 11 is 0. The van der Waals surface area contributed by atoms with Crippen LogP contribution in [0.15, 0.2) is 24.4 Å². The summed E-state index contributed by atoms with van der Waals surface area (Å²) in [7, 11) is 4.83. The maximum Gasteiger partial charge on any atom is 0.418 e. The molecular formula is C23H26F4N6O2. The van der Waals surface area contributed by atoms with Crippen LogP contribution in [0.3, 0.4) is 0 Å². The number of halogens is 4. The third kappa shape index (κ3) is 4.70. The van der Waals surface area contributed by atoms with Crippen molar-refractivity contribution in [3.63, 3.8) is 0 Å². The summed E-state index contributed by atoms with van der Waals surface area (Å²) in [6.45, 7) is 3.75. The zero-order valence-electron chi connectivity index (χ0n) is 19.7. The Labute approximate surface area is 199 Å². The standard InChI is InChI=1S/C23H26F4N6O2/c1-12-11-32(3)5-6-33(12)22(34)13-7-18(35-4)16(8-15(13)24)30-19-9-17(28-2)20-14(23(25,26)27)10-29-21(20)31-19/h7-10,12H,5-6,11H2,1-4H3,(H3,28,29,30,31)/t12-/m1/s1. The van der Waals surface area contributed by atoms with Crippen LogP contribution in [0.5, 0.6) is 5.75 Å². The molecule has 35 heavy (non-hydrogen) atoms. The highest BCUT2D eigenvalue weighted by Gasteiger charge is 2.35. The normalized spacial score (nSPS) is 17.0.